The summed E-state index contributed by atoms with van der Waals surface area (Å²) in [7, 11) is 1.95. The van der Waals surface area contributed by atoms with E-state index in [0.29, 0.717) is 13.1 Å². The lowest BCUT2D eigenvalue weighted by Crippen LogP contribution is -2.34. The van der Waals surface area contributed by atoms with E-state index >= 15 is 0 Å². The predicted molar refractivity (Wildman–Crippen MR) is 108 cm³/mol. The van der Waals surface area contributed by atoms with Crippen molar-refractivity contribution in [1.29, 1.82) is 0 Å². The van der Waals surface area contributed by atoms with Crippen molar-refractivity contribution in [1.82, 2.24) is 20.4 Å². The van der Waals surface area contributed by atoms with Crippen molar-refractivity contribution in [3.63, 3.8) is 0 Å². The Balaban J connectivity index is 1.74. The van der Waals surface area contributed by atoms with Crippen LogP contribution < -0.4 is 10.6 Å². The predicted octanol–water partition coefficient (Wildman–Crippen LogP) is 4.34. The molecule has 6 heteroatoms. The van der Waals surface area contributed by atoms with Crippen LogP contribution in [-0.2, 0) is 13.6 Å². The fraction of sp³-hybridized carbons (Fsp3) is 0.200. The summed E-state index contributed by atoms with van der Waals surface area (Å²) >= 11 is 3.46. The van der Waals surface area contributed by atoms with Gasteiger partial charge in [-0.15, -0.1) is 0 Å². The first kappa shape index (κ1) is 18.2. The van der Waals surface area contributed by atoms with Gasteiger partial charge >= 0.3 is 6.03 Å². The lowest BCUT2D eigenvalue weighted by Gasteiger charge is -2.06. The minimum absolute atomic E-state index is 0.152. The number of nitrogens with one attached hydrogen (secondary N) is 2. The number of urea groups is 1. The highest BCUT2D eigenvalue weighted by molar-refractivity contribution is 9.10. The second-order valence-electron chi connectivity index (χ2n) is 5.96. The Morgan fingerprint density at radius 1 is 1.04 bits per heavy atom. The smallest absolute Gasteiger partial charge is 0.315 e. The van der Waals surface area contributed by atoms with Gasteiger partial charge in [-0.25, -0.2) is 4.79 Å². The summed E-state index contributed by atoms with van der Waals surface area (Å²) in [6.07, 6.45) is 0. The molecule has 0 saturated heterocycles. The number of halogens is 1. The van der Waals surface area contributed by atoms with Gasteiger partial charge in [-0.1, -0.05) is 52.3 Å². The lowest BCUT2D eigenvalue weighted by atomic mass is 10.1. The van der Waals surface area contributed by atoms with Gasteiger partial charge in [0.25, 0.3) is 0 Å². The van der Waals surface area contributed by atoms with Crippen molar-refractivity contribution in [3.8, 4) is 22.5 Å². The van der Waals surface area contributed by atoms with Crippen molar-refractivity contribution in [2.45, 2.75) is 13.5 Å². The van der Waals surface area contributed by atoms with E-state index in [2.05, 4.69) is 49.9 Å². The molecule has 0 aliphatic heterocycles. The van der Waals surface area contributed by atoms with Crippen molar-refractivity contribution in [3.05, 3.63) is 64.6 Å². The molecule has 0 atom stereocenters. The van der Waals surface area contributed by atoms with Gasteiger partial charge in [0.1, 0.15) is 0 Å². The summed E-state index contributed by atoms with van der Waals surface area (Å²) in [5, 5.41) is 10.2. The van der Waals surface area contributed by atoms with Gasteiger partial charge in [-0.3, -0.25) is 4.68 Å². The van der Waals surface area contributed by atoms with Crippen LogP contribution in [0.5, 0.6) is 0 Å². The second-order valence-corrected chi connectivity index (χ2v) is 6.87. The maximum Gasteiger partial charge on any atom is 0.315 e. The first-order chi connectivity index (χ1) is 12.6. The minimum atomic E-state index is -0.152. The molecule has 3 rings (SSSR count). The van der Waals surface area contributed by atoms with E-state index in [-0.39, 0.29) is 6.03 Å². The van der Waals surface area contributed by atoms with Crippen LogP contribution in [-0.4, -0.2) is 22.4 Å². The van der Waals surface area contributed by atoms with E-state index in [4.69, 9.17) is 0 Å². The van der Waals surface area contributed by atoms with E-state index in [1.165, 1.54) is 0 Å². The van der Waals surface area contributed by atoms with Gasteiger partial charge in [0.15, 0.2) is 0 Å². The van der Waals surface area contributed by atoms with Crippen LogP contribution >= 0.6 is 15.9 Å². The molecule has 0 aliphatic rings. The number of carbonyl (C=O) groups is 1. The largest absolute Gasteiger partial charge is 0.338 e. The van der Waals surface area contributed by atoms with Crippen LogP contribution in [0.1, 0.15) is 12.5 Å². The highest BCUT2D eigenvalue weighted by Gasteiger charge is 2.09. The quantitative estimate of drug-likeness (QED) is 0.654. The van der Waals surface area contributed by atoms with Gasteiger partial charge in [0, 0.05) is 30.2 Å². The zero-order valence-electron chi connectivity index (χ0n) is 14.8. The van der Waals surface area contributed by atoms with Crippen LogP contribution in [0.2, 0.25) is 0 Å². The number of benzene rings is 2. The first-order valence-electron chi connectivity index (χ1n) is 8.48. The molecule has 0 fully saturated rings. The van der Waals surface area contributed by atoms with Crippen LogP contribution in [0.25, 0.3) is 22.5 Å². The summed E-state index contributed by atoms with van der Waals surface area (Å²) in [6.45, 7) is 3.01. The lowest BCUT2D eigenvalue weighted by molar-refractivity contribution is 0.241. The van der Waals surface area contributed by atoms with Gasteiger partial charge < -0.3 is 10.6 Å². The third-order valence-electron chi connectivity index (χ3n) is 4.06. The first-order valence-corrected chi connectivity index (χ1v) is 9.27. The van der Waals surface area contributed by atoms with Crippen LogP contribution in [0.4, 0.5) is 4.79 Å². The molecule has 0 radical (unpaired) electrons. The maximum atomic E-state index is 11.5. The number of rotatable bonds is 5. The molecule has 2 aromatic carbocycles. The molecule has 2 N–H and O–H groups in total. The fourth-order valence-electron chi connectivity index (χ4n) is 2.70. The number of carbonyl (C=O) groups excluding carboxylic acids is 1. The molecule has 134 valence electrons. The van der Waals surface area contributed by atoms with Crippen molar-refractivity contribution in [2.24, 2.45) is 7.05 Å². The molecular weight excluding hydrogens is 392 g/mol. The number of nitrogens with zero attached hydrogens (tertiary/aromatic N) is 2. The average molecular weight is 413 g/mol. The molecule has 0 aliphatic carbocycles. The van der Waals surface area contributed by atoms with Gasteiger partial charge in [-0.2, -0.15) is 5.10 Å². The monoisotopic (exact) mass is 412 g/mol. The molecule has 1 aromatic heterocycles. The second kappa shape index (κ2) is 8.19. The molecule has 0 unspecified atom stereocenters. The van der Waals surface area contributed by atoms with Crippen molar-refractivity contribution >= 4 is 22.0 Å². The Labute approximate surface area is 161 Å². The van der Waals surface area contributed by atoms with Gasteiger partial charge in [0.2, 0.25) is 0 Å². The van der Waals surface area contributed by atoms with E-state index < -0.39 is 0 Å². The third-order valence-corrected chi connectivity index (χ3v) is 4.59. The molecule has 0 saturated carbocycles. The minimum Gasteiger partial charge on any atom is -0.338 e. The van der Waals surface area contributed by atoms with E-state index in [1.54, 1.807) is 0 Å². The molecule has 0 bridgehead atoms. The van der Waals surface area contributed by atoms with Crippen molar-refractivity contribution < 1.29 is 4.79 Å². The molecular formula is C20H21BrN4O. The standard InChI is InChI=1S/C20H21BrN4O/c1-3-22-20(26)23-13-14-4-6-15(7-5-14)18-12-19(25(2)24-18)16-8-10-17(21)11-9-16/h4-12H,3,13H2,1-2H3,(H2,22,23,26). The third kappa shape index (κ3) is 4.32. The topological polar surface area (TPSA) is 59.0 Å². The number of aryl methyl sites for hydroxylation is 1. The maximum absolute atomic E-state index is 11.5. The molecule has 26 heavy (non-hydrogen) atoms. The Kier molecular flexibility index (Phi) is 5.73. The van der Waals surface area contributed by atoms with Gasteiger partial charge in [-0.05, 0) is 36.2 Å². The Bertz CT molecular complexity index is 885. The molecule has 0 spiro atoms. The van der Waals surface area contributed by atoms with Gasteiger partial charge in [0.05, 0.1) is 11.4 Å². The van der Waals surface area contributed by atoms with Crippen LogP contribution in [0, 0.1) is 0 Å². The highest BCUT2D eigenvalue weighted by atomic mass is 79.9. The molecule has 2 amide bonds. The van der Waals surface area contributed by atoms with Crippen molar-refractivity contribution in [2.75, 3.05) is 6.54 Å². The van der Waals surface area contributed by atoms with E-state index in [0.717, 1.165) is 32.6 Å². The zero-order chi connectivity index (χ0) is 18.5. The van der Waals surface area contributed by atoms with E-state index in [9.17, 15) is 4.79 Å². The fourth-order valence-corrected chi connectivity index (χ4v) is 2.96. The normalized spacial score (nSPS) is 10.6. The summed E-state index contributed by atoms with van der Waals surface area (Å²) in [4.78, 5) is 11.5. The summed E-state index contributed by atoms with van der Waals surface area (Å²) in [6, 6.07) is 18.2. The SMILES string of the molecule is CCNC(=O)NCc1ccc(-c2cc(-c3ccc(Br)cc3)n(C)n2)cc1. The average Bonchev–Trinajstić information content (AvgIpc) is 3.03. The number of aromatic nitrogens is 2. The van der Waals surface area contributed by atoms with E-state index in [1.807, 2.05) is 55.1 Å². The van der Waals surface area contributed by atoms with Crippen LogP contribution in [0.15, 0.2) is 59.1 Å². The highest BCUT2D eigenvalue weighted by Crippen LogP contribution is 2.26. The molecule has 1 heterocycles. The summed E-state index contributed by atoms with van der Waals surface area (Å²) in [5.74, 6) is 0. The summed E-state index contributed by atoms with van der Waals surface area (Å²) < 4.78 is 2.95. The van der Waals surface area contributed by atoms with Crippen LogP contribution in [0.3, 0.4) is 0 Å². The summed E-state index contributed by atoms with van der Waals surface area (Å²) in [5.41, 5.74) is 5.20. The number of hydrogen-bond acceptors (Lipinski definition) is 2. The Hall–Kier alpha value is -2.60. The molecule has 5 nitrogen and oxygen atoms in total. The number of hydrogen-bond donors (Lipinski definition) is 2. The zero-order valence-corrected chi connectivity index (χ0v) is 16.4. The number of amides is 2. The Morgan fingerprint density at radius 3 is 2.35 bits per heavy atom. The Morgan fingerprint density at radius 2 is 1.69 bits per heavy atom. The molecule has 3 aromatic rings.